The molecule has 0 aromatic carbocycles. The smallest absolute Gasteiger partial charge is 0.331 e. The van der Waals surface area contributed by atoms with E-state index < -0.39 is 11.2 Å². The number of aromatic nitrogens is 2. The van der Waals surface area contributed by atoms with E-state index >= 15 is 0 Å². The molecule has 0 aliphatic heterocycles. The monoisotopic (exact) mass is 266 g/mol. The van der Waals surface area contributed by atoms with E-state index in [1.165, 1.54) is 15.9 Å². The first-order valence-electron chi connectivity index (χ1n) is 5.66. The molecule has 96 valence electrons. The summed E-state index contributed by atoms with van der Waals surface area (Å²) in [6.07, 6.45) is 0.374. The van der Waals surface area contributed by atoms with Crippen LogP contribution in [0.2, 0.25) is 0 Å². The Labute approximate surface area is 107 Å². The molecule has 0 spiro atoms. The maximum Gasteiger partial charge on any atom is 0.331 e. The molecule has 0 bridgehead atoms. The van der Waals surface area contributed by atoms with Crippen LogP contribution >= 0.6 is 11.3 Å². The van der Waals surface area contributed by atoms with Crippen LogP contribution in [-0.4, -0.2) is 14.7 Å². The summed E-state index contributed by atoms with van der Waals surface area (Å²) in [6, 6.07) is 3.46. The molecule has 0 aliphatic carbocycles. The molecule has 2 aromatic rings. The number of aromatic hydroxyl groups is 1. The minimum atomic E-state index is -0.587. The normalized spacial score (nSPS) is 12.6. The Morgan fingerprint density at radius 1 is 1.50 bits per heavy atom. The summed E-state index contributed by atoms with van der Waals surface area (Å²) in [5, 5.41) is 12.0. The van der Waals surface area contributed by atoms with Gasteiger partial charge < -0.3 is 5.11 Å². The molecule has 0 aliphatic rings. The van der Waals surface area contributed by atoms with Gasteiger partial charge in [0.2, 0.25) is 5.88 Å². The van der Waals surface area contributed by atoms with Crippen molar-refractivity contribution in [1.29, 1.82) is 0 Å². The van der Waals surface area contributed by atoms with Crippen molar-refractivity contribution < 1.29 is 5.11 Å². The van der Waals surface area contributed by atoms with Gasteiger partial charge in [-0.1, -0.05) is 13.0 Å². The van der Waals surface area contributed by atoms with Crippen molar-refractivity contribution in [1.82, 2.24) is 9.55 Å². The van der Waals surface area contributed by atoms with Crippen LogP contribution in [-0.2, 0) is 6.42 Å². The molecule has 1 atom stereocenters. The molecule has 6 heteroatoms. The van der Waals surface area contributed by atoms with Gasteiger partial charge in [-0.15, -0.1) is 11.3 Å². The molecule has 18 heavy (non-hydrogen) atoms. The van der Waals surface area contributed by atoms with Gasteiger partial charge in [-0.25, -0.2) is 4.79 Å². The topological polar surface area (TPSA) is 75.1 Å². The van der Waals surface area contributed by atoms with Gasteiger partial charge in [-0.3, -0.25) is 14.3 Å². The molecule has 2 N–H and O–H groups in total. The zero-order valence-electron chi connectivity index (χ0n) is 10.1. The van der Waals surface area contributed by atoms with Crippen molar-refractivity contribution in [2.45, 2.75) is 26.3 Å². The number of hydrogen-bond donors (Lipinski definition) is 2. The summed E-state index contributed by atoms with van der Waals surface area (Å²) in [6.45, 7) is 3.57. The predicted molar refractivity (Wildman–Crippen MR) is 70.5 cm³/mol. The molecular formula is C12H14N2O3S. The van der Waals surface area contributed by atoms with Crippen LogP contribution in [0.4, 0.5) is 0 Å². The van der Waals surface area contributed by atoms with Gasteiger partial charge in [0.25, 0.3) is 5.56 Å². The molecule has 0 fully saturated rings. The fraction of sp³-hybridized carbons (Fsp3) is 0.333. The highest BCUT2D eigenvalue weighted by Crippen LogP contribution is 2.25. The average Bonchev–Trinajstić information content (AvgIpc) is 2.81. The first-order valence-corrected chi connectivity index (χ1v) is 6.54. The van der Waals surface area contributed by atoms with Crippen LogP contribution in [0.3, 0.4) is 0 Å². The van der Waals surface area contributed by atoms with Crippen molar-refractivity contribution in [3.8, 4) is 5.88 Å². The third-order valence-corrected chi connectivity index (χ3v) is 3.95. The van der Waals surface area contributed by atoms with Crippen LogP contribution in [0.25, 0.3) is 0 Å². The number of nitrogens with zero attached hydrogens (tertiary/aromatic N) is 1. The summed E-state index contributed by atoms with van der Waals surface area (Å²) in [7, 11) is 0. The minimum absolute atomic E-state index is 0.234. The highest BCUT2D eigenvalue weighted by Gasteiger charge is 2.18. The van der Waals surface area contributed by atoms with E-state index in [1.54, 1.807) is 6.92 Å². The zero-order chi connectivity index (χ0) is 13.3. The maximum absolute atomic E-state index is 11.8. The molecule has 1 unspecified atom stereocenters. The van der Waals surface area contributed by atoms with Crippen molar-refractivity contribution in [2.24, 2.45) is 0 Å². The SMILES string of the molecule is CCc1c(O)n(C(C)c2cccs2)c(=O)[nH]c1=O. The quantitative estimate of drug-likeness (QED) is 0.883. The van der Waals surface area contributed by atoms with Gasteiger partial charge in [-0.2, -0.15) is 0 Å². The van der Waals surface area contributed by atoms with Gasteiger partial charge in [0.15, 0.2) is 0 Å². The van der Waals surface area contributed by atoms with E-state index in [-0.39, 0.29) is 17.5 Å². The number of aromatic amines is 1. The van der Waals surface area contributed by atoms with Crippen LogP contribution in [0.5, 0.6) is 5.88 Å². The lowest BCUT2D eigenvalue weighted by molar-refractivity contribution is 0.384. The van der Waals surface area contributed by atoms with E-state index in [2.05, 4.69) is 4.98 Å². The number of hydrogen-bond acceptors (Lipinski definition) is 4. The number of thiophene rings is 1. The molecule has 5 nitrogen and oxygen atoms in total. The van der Waals surface area contributed by atoms with E-state index in [0.717, 1.165) is 4.88 Å². The van der Waals surface area contributed by atoms with Crippen LogP contribution < -0.4 is 11.2 Å². The first-order chi connectivity index (χ1) is 8.56. The summed E-state index contributed by atoms with van der Waals surface area (Å²) >= 11 is 1.50. The Balaban J connectivity index is 2.65. The molecule has 0 amide bonds. The molecule has 2 rings (SSSR count). The highest BCUT2D eigenvalue weighted by molar-refractivity contribution is 7.10. The summed E-state index contributed by atoms with van der Waals surface area (Å²) in [5.74, 6) is -0.243. The van der Waals surface area contributed by atoms with Gasteiger partial charge >= 0.3 is 5.69 Å². The van der Waals surface area contributed by atoms with Crippen LogP contribution in [0, 0.1) is 0 Å². The summed E-state index contributed by atoms with van der Waals surface area (Å²) in [5.41, 5.74) is -0.872. The standard InChI is InChI=1S/C12H14N2O3S/c1-3-8-10(15)13-12(17)14(11(8)16)7(2)9-5-4-6-18-9/h4-7,16H,3H2,1-2H3,(H,13,15,17). The average molecular weight is 266 g/mol. The van der Waals surface area contributed by atoms with Gasteiger partial charge in [-0.05, 0) is 24.8 Å². The number of rotatable bonds is 3. The van der Waals surface area contributed by atoms with Crippen molar-refractivity contribution >= 4 is 11.3 Å². The van der Waals surface area contributed by atoms with Gasteiger partial charge in [0, 0.05) is 4.88 Å². The van der Waals surface area contributed by atoms with E-state index in [0.29, 0.717) is 6.42 Å². The summed E-state index contributed by atoms with van der Waals surface area (Å²) < 4.78 is 1.21. The fourth-order valence-electron chi connectivity index (χ4n) is 1.91. The largest absolute Gasteiger partial charge is 0.494 e. The zero-order valence-corrected chi connectivity index (χ0v) is 11.0. The second kappa shape index (κ2) is 4.81. The van der Waals surface area contributed by atoms with Crippen LogP contribution in [0.15, 0.2) is 27.1 Å². The Hall–Kier alpha value is -1.82. The lowest BCUT2D eigenvalue weighted by atomic mass is 10.2. The molecule has 0 saturated carbocycles. The lowest BCUT2D eigenvalue weighted by Gasteiger charge is -2.16. The highest BCUT2D eigenvalue weighted by atomic mass is 32.1. The summed E-state index contributed by atoms with van der Waals surface area (Å²) in [4.78, 5) is 26.5. The Morgan fingerprint density at radius 3 is 2.78 bits per heavy atom. The maximum atomic E-state index is 11.8. The van der Waals surface area contributed by atoms with Crippen molar-refractivity contribution in [3.63, 3.8) is 0 Å². The second-order valence-electron chi connectivity index (χ2n) is 3.98. The third kappa shape index (κ3) is 1.99. The van der Waals surface area contributed by atoms with E-state index in [4.69, 9.17) is 0 Å². The van der Waals surface area contributed by atoms with E-state index in [9.17, 15) is 14.7 Å². The van der Waals surface area contributed by atoms with Crippen LogP contribution in [0.1, 0.15) is 30.3 Å². The Bertz CT molecular complexity index is 655. The third-order valence-electron chi connectivity index (χ3n) is 2.91. The molecular weight excluding hydrogens is 252 g/mol. The van der Waals surface area contributed by atoms with Crippen molar-refractivity contribution in [2.75, 3.05) is 0 Å². The Kier molecular flexibility index (Phi) is 3.38. The van der Waals surface area contributed by atoms with Gasteiger partial charge in [0.1, 0.15) is 0 Å². The Morgan fingerprint density at radius 2 is 2.22 bits per heavy atom. The molecule has 2 aromatic heterocycles. The first kappa shape index (κ1) is 12.6. The minimum Gasteiger partial charge on any atom is -0.494 e. The molecule has 0 radical (unpaired) electrons. The van der Waals surface area contributed by atoms with Gasteiger partial charge in [0.05, 0.1) is 11.6 Å². The number of H-pyrrole nitrogens is 1. The van der Waals surface area contributed by atoms with Crippen molar-refractivity contribution in [3.05, 3.63) is 48.8 Å². The molecule has 0 saturated heterocycles. The fourth-order valence-corrected chi connectivity index (χ4v) is 2.68. The lowest BCUT2D eigenvalue weighted by Crippen LogP contribution is -2.33. The molecule has 2 heterocycles. The van der Waals surface area contributed by atoms with E-state index in [1.807, 2.05) is 24.4 Å². The second-order valence-corrected chi connectivity index (χ2v) is 4.96. The predicted octanol–water partition coefficient (Wildman–Crippen LogP) is 1.48. The number of nitrogens with one attached hydrogen (secondary N) is 1.